The Labute approximate surface area is 132 Å². The van der Waals surface area contributed by atoms with Crippen molar-refractivity contribution in [3.05, 3.63) is 47.5 Å². The normalized spacial score (nSPS) is 20.4. The van der Waals surface area contributed by atoms with E-state index in [0.717, 1.165) is 25.2 Å². The van der Waals surface area contributed by atoms with Crippen molar-refractivity contribution < 1.29 is 0 Å². The van der Waals surface area contributed by atoms with E-state index in [-0.39, 0.29) is 0 Å². The molecule has 1 aliphatic carbocycles. The molecular weight excluding hydrogens is 272 g/mol. The van der Waals surface area contributed by atoms with Crippen molar-refractivity contribution in [1.29, 1.82) is 0 Å². The Balaban J connectivity index is 1.51. The van der Waals surface area contributed by atoms with E-state index < -0.39 is 0 Å². The molecule has 0 bridgehead atoms. The third kappa shape index (κ3) is 2.56. The fourth-order valence-corrected chi connectivity index (χ4v) is 4.04. The summed E-state index contributed by atoms with van der Waals surface area (Å²) in [6, 6.07) is 9.22. The molecule has 0 unspecified atom stereocenters. The molecule has 2 aliphatic rings. The van der Waals surface area contributed by atoms with E-state index in [1.807, 2.05) is 0 Å². The van der Waals surface area contributed by atoms with Gasteiger partial charge in [-0.25, -0.2) is 9.67 Å². The molecule has 1 aromatic carbocycles. The van der Waals surface area contributed by atoms with Crippen LogP contribution in [0.2, 0.25) is 0 Å². The van der Waals surface area contributed by atoms with Gasteiger partial charge in [0.1, 0.15) is 12.2 Å². The highest BCUT2D eigenvalue weighted by Crippen LogP contribution is 2.31. The summed E-state index contributed by atoms with van der Waals surface area (Å²) >= 11 is 0. The Kier molecular flexibility index (Phi) is 3.70. The molecule has 0 saturated carbocycles. The maximum Gasteiger partial charge on any atom is 0.138 e. The predicted molar refractivity (Wildman–Crippen MR) is 87.0 cm³/mol. The lowest BCUT2D eigenvalue weighted by molar-refractivity contribution is 0.307. The van der Waals surface area contributed by atoms with E-state index in [4.69, 9.17) is 0 Å². The number of benzene rings is 1. The standard InChI is InChI=1S/C18H24N4/c1-14(12-21-8-4-5-9-21)18-19-13-20-22(18)17-10-15-6-2-3-7-16(15)11-17/h2-3,6-7,13-14,17H,4-5,8-12H2,1H3/t14-/m0/s1. The number of hydrogen-bond acceptors (Lipinski definition) is 3. The van der Waals surface area contributed by atoms with Gasteiger partial charge in [-0.15, -0.1) is 0 Å². The molecular formula is C18H24N4. The summed E-state index contributed by atoms with van der Waals surface area (Å²) in [5, 5.41) is 4.56. The first-order valence-corrected chi connectivity index (χ1v) is 8.50. The van der Waals surface area contributed by atoms with Gasteiger partial charge in [-0.3, -0.25) is 0 Å². The van der Waals surface area contributed by atoms with Crippen molar-refractivity contribution in [3.63, 3.8) is 0 Å². The molecule has 116 valence electrons. The van der Waals surface area contributed by atoms with E-state index in [0.29, 0.717) is 12.0 Å². The molecule has 0 spiro atoms. The van der Waals surface area contributed by atoms with Crippen molar-refractivity contribution >= 4 is 0 Å². The van der Waals surface area contributed by atoms with E-state index in [9.17, 15) is 0 Å². The molecule has 4 rings (SSSR count). The maximum absolute atomic E-state index is 4.59. The van der Waals surface area contributed by atoms with Gasteiger partial charge in [-0.05, 0) is 49.9 Å². The van der Waals surface area contributed by atoms with Crippen LogP contribution in [0.25, 0.3) is 0 Å². The Morgan fingerprint density at radius 1 is 1.14 bits per heavy atom. The summed E-state index contributed by atoms with van der Waals surface area (Å²) in [6.45, 7) is 5.89. The van der Waals surface area contributed by atoms with Gasteiger partial charge < -0.3 is 4.90 Å². The number of rotatable bonds is 4. The zero-order valence-electron chi connectivity index (χ0n) is 13.3. The summed E-state index contributed by atoms with van der Waals surface area (Å²) in [4.78, 5) is 7.15. The third-order valence-electron chi connectivity index (χ3n) is 5.15. The Morgan fingerprint density at radius 2 is 1.82 bits per heavy atom. The van der Waals surface area contributed by atoms with Crippen LogP contribution >= 0.6 is 0 Å². The van der Waals surface area contributed by atoms with Crippen LogP contribution in [0.5, 0.6) is 0 Å². The van der Waals surface area contributed by atoms with Gasteiger partial charge >= 0.3 is 0 Å². The smallest absolute Gasteiger partial charge is 0.138 e. The van der Waals surface area contributed by atoms with Gasteiger partial charge in [-0.2, -0.15) is 5.10 Å². The van der Waals surface area contributed by atoms with E-state index in [2.05, 4.69) is 50.9 Å². The van der Waals surface area contributed by atoms with Gasteiger partial charge in [0.05, 0.1) is 6.04 Å². The van der Waals surface area contributed by atoms with Gasteiger partial charge in [0.15, 0.2) is 0 Å². The number of hydrogen-bond donors (Lipinski definition) is 0. The Morgan fingerprint density at radius 3 is 2.50 bits per heavy atom. The lowest BCUT2D eigenvalue weighted by Gasteiger charge is -2.22. The molecule has 1 atom stereocenters. The zero-order valence-corrected chi connectivity index (χ0v) is 13.3. The first kappa shape index (κ1) is 13.9. The summed E-state index contributed by atoms with van der Waals surface area (Å²) in [5.74, 6) is 1.61. The molecule has 0 radical (unpaired) electrons. The number of aromatic nitrogens is 3. The highest BCUT2D eigenvalue weighted by molar-refractivity contribution is 5.32. The molecule has 0 amide bonds. The minimum absolute atomic E-state index is 0.441. The van der Waals surface area contributed by atoms with E-state index in [1.165, 1.54) is 37.1 Å². The number of nitrogens with zero attached hydrogens (tertiary/aromatic N) is 4. The number of fused-ring (bicyclic) bond motifs is 1. The van der Waals surface area contributed by atoms with Crippen LogP contribution in [0.1, 0.15) is 48.7 Å². The van der Waals surface area contributed by atoms with E-state index >= 15 is 0 Å². The van der Waals surface area contributed by atoms with Crippen molar-refractivity contribution in [1.82, 2.24) is 19.7 Å². The molecule has 2 heterocycles. The predicted octanol–water partition coefficient (Wildman–Crippen LogP) is 2.82. The lowest BCUT2D eigenvalue weighted by Crippen LogP contribution is -2.27. The molecule has 1 fully saturated rings. The summed E-state index contributed by atoms with van der Waals surface area (Å²) in [7, 11) is 0. The molecule has 1 aromatic heterocycles. The first-order valence-electron chi connectivity index (χ1n) is 8.50. The maximum atomic E-state index is 4.59. The van der Waals surface area contributed by atoms with Gasteiger partial charge in [0.2, 0.25) is 0 Å². The number of likely N-dealkylation sites (tertiary alicyclic amines) is 1. The molecule has 2 aromatic rings. The fraction of sp³-hybridized carbons (Fsp3) is 0.556. The molecule has 22 heavy (non-hydrogen) atoms. The summed E-state index contributed by atoms with van der Waals surface area (Å²) < 4.78 is 2.20. The van der Waals surface area contributed by atoms with E-state index in [1.54, 1.807) is 6.33 Å². The highest BCUT2D eigenvalue weighted by Gasteiger charge is 2.27. The molecule has 1 aliphatic heterocycles. The van der Waals surface area contributed by atoms with Gasteiger partial charge in [0.25, 0.3) is 0 Å². The van der Waals surface area contributed by atoms with Crippen LogP contribution in [-0.2, 0) is 12.8 Å². The first-order chi connectivity index (χ1) is 10.8. The monoisotopic (exact) mass is 296 g/mol. The molecule has 1 saturated heterocycles. The van der Waals surface area contributed by atoms with Crippen LogP contribution < -0.4 is 0 Å². The van der Waals surface area contributed by atoms with Crippen LogP contribution in [0.3, 0.4) is 0 Å². The average Bonchev–Trinajstić information content (AvgIpc) is 3.26. The second-order valence-electron chi connectivity index (χ2n) is 6.80. The van der Waals surface area contributed by atoms with Gasteiger partial charge in [0, 0.05) is 12.5 Å². The summed E-state index contributed by atoms with van der Waals surface area (Å²) in [6.07, 6.45) is 6.60. The molecule has 4 nitrogen and oxygen atoms in total. The van der Waals surface area contributed by atoms with Crippen LogP contribution in [-0.4, -0.2) is 39.3 Å². The zero-order chi connectivity index (χ0) is 14.9. The topological polar surface area (TPSA) is 34.0 Å². The Bertz CT molecular complexity index is 617. The quantitative estimate of drug-likeness (QED) is 0.870. The van der Waals surface area contributed by atoms with Crippen molar-refractivity contribution in [2.45, 2.75) is 44.6 Å². The second-order valence-corrected chi connectivity index (χ2v) is 6.80. The van der Waals surface area contributed by atoms with Crippen LogP contribution in [0, 0.1) is 0 Å². The largest absolute Gasteiger partial charge is 0.303 e. The lowest BCUT2D eigenvalue weighted by atomic mass is 10.1. The van der Waals surface area contributed by atoms with Crippen molar-refractivity contribution in [2.24, 2.45) is 0 Å². The highest BCUT2D eigenvalue weighted by atomic mass is 15.4. The minimum atomic E-state index is 0.441. The van der Waals surface area contributed by atoms with Crippen molar-refractivity contribution in [2.75, 3.05) is 19.6 Å². The third-order valence-corrected chi connectivity index (χ3v) is 5.15. The van der Waals surface area contributed by atoms with Crippen LogP contribution in [0.15, 0.2) is 30.6 Å². The SMILES string of the molecule is C[C@@H](CN1CCCC1)c1ncnn1C1Cc2ccccc2C1. The molecule has 4 heteroatoms. The summed E-state index contributed by atoms with van der Waals surface area (Å²) in [5.41, 5.74) is 2.95. The molecule has 0 N–H and O–H groups in total. The average molecular weight is 296 g/mol. The van der Waals surface area contributed by atoms with Crippen LogP contribution in [0.4, 0.5) is 0 Å². The Hall–Kier alpha value is -1.68. The second kappa shape index (κ2) is 5.84. The minimum Gasteiger partial charge on any atom is -0.303 e. The van der Waals surface area contributed by atoms with Crippen molar-refractivity contribution in [3.8, 4) is 0 Å². The van der Waals surface area contributed by atoms with Gasteiger partial charge in [-0.1, -0.05) is 31.2 Å². The fourth-order valence-electron chi connectivity index (χ4n) is 4.04.